The van der Waals surface area contributed by atoms with Gasteiger partial charge < -0.3 is 10.3 Å². The van der Waals surface area contributed by atoms with Crippen LogP contribution in [0.2, 0.25) is 0 Å². The summed E-state index contributed by atoms with van der Waals surface area (Å²) in [6, 6.07) is 7.64. The van der Waals surface area contributed by atoms with Crippen molar-refractivity contribution in [2.75, 3.05) is 0 Å². The zero-order valence-corrected chi connectivity index (χ0v) is 9.53. The van der Waals surface area contributed by atoms with Crippen molar-refractivity contribution in [1.82, 2.24) is 4.57 Å². The molecule has 0 saturated heterocycles. The van der Waals surface area contributed by atoms with Gasteiger partial charge in [-0.15, -0.1) is 0 Å². The lowest BCUT2D eigenvalue weighted by atomic mass is 10.2. The summed E-state index contributed by atoms with van der Waals surface area (Å²) >= 11 is 0. The monoisotopic (exact) mass is 236 g/mol. The Morgan fingerprint density at radius 2 is 2.00 bits per heavy atom. The molecule has 4 heteroatoms. The lowest BCUT2D eigenvalue weighted by molar-refractivity contribution is 0.506. The minimum atomic E-state index is -0.825. The fourth-order valence-corrected chi connectivity index (χ4v) is 1.82. The maximum atomic E-state index is 13.1. The fourth-order valence-electron chi connectivity index (χ4n) is 1.82. The van der Waals surface area contributed by atoms with E-state index in [0.29, 0.717) is 12.1 Å². The minimum Gasteiger partial charge on any atom is -0.346 e. The van der Waals surface area contributed by atoms with Gasteiger partial charge in [0.15, 0.2) is 11.6 Å². The van der Waals surface area contributed by atoms with Crippen molar-refractivity contribution in [2.45, 2.75) is 19.5 Å². The number of nitrogens with two attached hydrogens (primary N) is 1. The number of hydrogen-bond acceptors (Lipinski definition) is 1. The summed E-state index contributed by atoms with van der Waals surface area (Å²) in [5.41, 5.74) is 7.49. The largest absolute Gasteiger partial charge is 0.346 e. The normalized spacial score (nSPS) is 12.7. The van der Waals surface area contributed by atoms with Gasteiger partial charge in [0, 0.05) is 24.5 Å². The molecule has 2 rings (SSSR count). The van der Waals surface area contributed by atoms with Crippen LogP contribution in [0.4, 0.5) is 8.78 Å². The number of benzene rings is 1. The molecule has 1 aromatic heterocycles. The van der Waals surface area contributed by atoms with E-state index in [4.69, 9.17) is 5.73 Å². The summed E-state index contributed by atoms with van der Waals surface area (Å²) in [6.45, 7) is 2.37. The second-order valence-electron chi connectivity index (χ2n) is 4.10. The smallest absolute Gasteiger partial charge is 0.159 e. The van der Waals surface area contributed by atoms with E-state index in [1.165, 1.54) is 6.07 Å². The lowest BCUT2D eigenvalue weighted by Crippen LogP contribution is -2.12. The maximum Gasteiger partial charge on any atom is 0.159 e. The molecule has 1 aromatic carbocycles. The van der Waals surface area contributed by atoms with Gasteiger partial charge in [0.1, 0.15) is 0 Å². The summed E-state index contributed by atoms with van der Waals surface area (Å²) in [7, 11) is 0. The Hall–Kier alpha value is -1.68. The Labute approximate surface area is 98.7 Å². The van der Waals surface area contributed by atoms with Crippen LogP contribution in [0, 0.1) is 11.6 Å². The van der Waals surface area contributed by atoms with Gasteiger partial charge in [-0.25, -0.2) is 8.78 Å². The Kier molecular flexibility index (Phi) is 3.24. The fraction of sp³-hybridized carbons (Fsp3) is 0.231. The Balaban J connectivity index is 2.25. The molecule has 2 nitrogen and oxygen atoms in total. The van der Waals surface area contributed by atoms with Gasteiger partial charge in [-0.1, -0.05) is 6.07 Å². The first-order valence-electron chi connectivity index (χ1n) is 5.42. The predicted molar refractivity (Wildman–Crippen MR) is 62.5 cm³/mol. The number of aromatic nitrogens is 1. The summed E-state index contributed by atoms with van der Waals surface area (Å²) in [5, 5.41) is 0. The first-order valence-corrected chi connectivity index (χ1v) is 5.42. The zero-order valence-electron chi connectivity index (χ0n) is 9.53. The SMILES string of the molecule is CC(N)c1cccn1Cc1ccc(F)c(F)c1. The third-order valence-corrected chi connectivity index (χ3v) is 2.67. The van der Waals surface area contributed by atoms with E-state index >= 15 is 0 Å². The van der Waals surface area contributed by atoms with E-state index in [2.05, 4.69) is 0 Å². The average molecular weight is 236 g/mol. The molecule has 0 spiro atoms. The van der Waals surface area contributed by atoms with Crippen molar-refractivity contribution in [1.29, 1.82) is 0 Å². The highest BCUT2D eigenvalue weighted by Crippen LogP contribution is 2.15. The van der Waals surface area contributed by atoms with Crippen molar-refractivity contribution in [3.8, 4) is 0 Å². The molecule has 0 amide bonds. The average Bonchev–Trinajstić information content (AvgIpc) is 2.72. The highest BCUT2D eigenvalue weighted by Gasteiger charge is 2.07. The third-order valence-electron chi connectivity index (χ3n) is 2.67. The first-order chi connectivity index (χ1) is 8.08. The molecule has 0 bridgehead atoms. The van der Waals surface area contributed by atoms with Crippen molar-refractivity contribution >= 4 is 0 Å². The zero-order chi connectivity index (χ0) is 12.4. The molecule has 0 saturated carbocycles. The third kappa shape index (κ3) is 2.53. The van der Waals surface area contributed by atoms with Gasteiger partial charge in [0.2, 0.25) is 0 Å². The number of rotatable bonds is 3. The van der Waals surface area contributed by atoms with E-state index in [1.54, 1.807) is 6.07 Å². The van der Waals surface area contributed by atoms with Gasteiger partial charge in [-0.3, -0.25) is 0 Å². The molecule has 0 aliphatic rings. The summed E-state index contributed by atoms with van der Waals surface area (Å²) in [6.07, 6.45) is 1.87. The molecule has 1 heterocycles. The molecule has 0 radical (unpaired) electrons. The molecule has 0 aliphatic heterocycles. The molecular weight excluding hydrogens is 222 g/mol. The van der Waals surface area contributed by atoms with Crippen molar-refractivity contribution in [3.05, 3.63) is 59.4 Å². The van der Waals surface area contributed by atoms with Gasteiger partial charge in [0.25, 0.3) is 0 Å². The van der Waals surface area contributed by atoms with Crippen LogP contribution in [-0.4, -0.2) is 4.57 Å². The van der Waals surface area contributed by atoms with Gasteiger partial charge in [0.05, 0.1) is 0 Å². The van der Waals surface area contributed by atoms with E-state index in [1.807, 2.05) is 29.8 Å². The molecular formula is C13H14F2N2. The predicted octanol–water partition coefficient (Wildman–Crippen LogP) is 2.83. The van der Waals surface area contributed by atoms with Gasteiger partial charge in [-0.2, -0.15) is 0 Å². The van der Waals surface area contributed by atoms with Gasteiger partial charge >= 0.3 is 0 Å². The quantitative estimate of drug-likeness (QED) is 0.872. The first kappa shape index (κ1) is 11.8. The van der Waals surface area contributed by atoms with Crippen LogP contribution < -0.4 is 5.73 Å². The number of nitrogens with zero attached hydrogens (tertiary/aromatic N) is 1. The lowest BCUT2D eigenvalue weighted by Gasteiger charge is -2.12. The summed E-state index contributed by atoms with van der Waals surface area (Å²) < 4.78 is 27.8. The summed E-state index contributed by atoms with van der Waals surface area (Å²) in [4.78, 5) is 0. The van der Waals surface area contributed by atoms with Crippen LogP contribution >= 0.6 is 0 Å². The van der Waals surface area contributed by atoms with Crippen LogP contribution in [-0.2, 0) is 6.54 Å². The molecule has 2 aromatic rings. The molecule has 17 heavy (non-hydrogen) atoms. The van der Waals surface area contributed by atoms with E-state index in [9.17, 15) is 8.78 Å². The number of hydrogen-bond donors (Lipinski definition) is 1. The van der Waals surface area contributed by atoms with E-state index in [-0.39, 0.29) is 6.04 Å². The van der Waals surface area contributed by atoms with Crippen molar-refractivity contribution in [2.24, 2.45) is 5.73 Å². The Morgan fingerprint density at radius 3 is 2.65 bits per heavy atom. The second kappa shape index (κ2) is 4.67. The van der Waals surface area contributed by atoms with Crippen molar-refractivity contribution < 1.29 is 8.78 Å². The molecule has 2 N–H and O–H groups in total. The topological polar surface area (TPSA) is 30.9 Å². The van der Waals surface area contributed by atoms with Crippen LogP contribution in [0.25, 0.3) is 0 Å². The minimum absolute atomic E-state index is 0.0877. The highest BCUT2D eigenvalue weighted by atomic mass is 19.2. The molecule has 90 valence electrons. The Bertz CT molecular complexity index is 518. The highest BCUT2D eigenvalue weighted by molar-refractivity contribution is 5.20. The van der Waals surface area contributed by atoms with E-state index < -0.39 is 11.6 Å². The van der Waals surface area contributed by atoms with Crippen LogP contribution in [0.1, 0.15) is 24.2 Å². The number of halogens is 2. The molecule has 0 fully saturated rings. The Morgan fingerprint density at radius 1 is 1.24 bits per heavy atom. The van der Waals surface area contributed by atoms with Crippen LogP contribution in [0.3, 0.4) is 0 Å². The molecule has 1 unspecified atom stereocenters. The van der Waals surface area contributed by atoms with Gasteiger partial charge in [-0.05, 0) is 36.8 Å². The molecule has 0 aliphatic carbocycles. The van der Waals surface area contributed by atoms with Crippen LogP contribution in [0.5, 0.6) is 0 Å². The van der Waals surface area contributed by atoms with Crippen molar-refractivity contribution in [3.63, 3.8) is 0 Å². The maximum absolute atomic E-state index is 13.1. The van der Waals surface area contributed by atoms with E-state index in [0.717, 1.165) is 11.8 Å². The standard InChI is InChI=1S/C13H14F2N2/c1-9(16)13-3-2-6-17(13)8-10-4-5-11(14)12(15)7-10/h2-7,9H,8,16H2,1H3. The second-order valence-corrected chi connectivity index (χ2v) is 4.10. The van der Waals surface area contributed by atoms with Crippen LogP contribution in [0.15, 0.2) is 36.5 Å². The molecule has 1 atom stereocenters. The summed E-state index contributed by atoms with van der Waals surface area (Å²) in [5.74, 6) is -1.65.